The summed E-state index contributed by atoms with van der Waals surface area (Å²) in [5, 5.41) is 3.74. The van der Waals surface area contributed by atoms with E-state index in [1.54, 1.807) is 26.0 Å². The summed E-state index contributed by atoms with van der Waals surface area (Å²) >= 11 is 0. The molecule has 0 unspecified atom stereocenters. The topological polar surface area (TPSA) is 72.7 Å². The number of aromatic nitrogens is 2. The molecule has 2 heterocycles. The second kappa shape index (κ2) is 9.38. The van der Waals surface area contributed by atoms with Gasteiger partial charge in [-0.1, -0.05) is 43.0 Å². The number of nitrogens with one attached hydrogen (secondary N) is 1. The molecular weight excluding hydrogens is 458 g/mol. The summed E-state index contributed by atoms with van der Waals surface area (Å²) in [7, 11) is -3.95. The molecule has 0 bridgehead atoms. The van der Waals surface area contributed by atoms with E-state index < -0.39 is 10.1 Å². The Morgan fingerprint density at radius 1 is 0.943 bits per heavy atom. The van der Waals surface area contributed by atoms with Gasteiger partial charge in [0.05, 0.1) is 0 Å². The third-order valence-electron chi connectivity index (χ3n) is 6.66. The second-order valence-corrected chi connectivity index (χ2v) is 11.0. The van der Waals surface area contributed by atoms with E-state index in [1.165, 1.54) is 19.3 Å². The molecule has 35 heavy (non-hydrogen) atoms. The quantitative estimate of drug-likeness (QED) is 0.316. The largest absolute Gasteiger partial charge is 0.379 e. The molecule has 7 heteroatoms. The van der Waals surface area contributed by atoms with E-state index in [2.05, 4.69) is 9.72 Å². The van der Waals surface area contributed by atoms with E-state index in [0.29, 0.717) is 17.2 Å². The number of anilines is 1. The molecule has 1 aliphatic rings. The summed E-state index contributed by atoms with van der Waals surface area (Å²) in [6.45, 7) is 5.54. The number of benzene rings is 2. The first kappa shape index (κ1) is 23.4. The number of rotatable bonds is 6. The van der Waals surface area contributed by atoms with Crippen molar-refractivity contribution in [2.45, 2.75) is 63.8 Å². The van der Waals surface area contributed by atoms with Crippen molar-refractivity contribution in [3.8, 4) is 17.0 Å². The van der Waals surface area contributed by atoms with Gasteiger partial charge in [0.1, 0.15) is 27.8 Å². The molecule has 2 aromatic heterocycles. The Hall–Kier alpha value is -3.32. The second-order valence-electron chi connectivity index (χ2n) is 9.51. The Balaban J connectivity index is 1.45. The first-order chi connectivity index (χ1) is 16.8. The van der Waals surface area contributed by atoms with Gasteiger partial charge in [0.15, 0.2) is 0 Å². The van der Waals surface area contributed by atoms with Gasteiger partial charge in [-0.15, -0.1) is 0 Å². The summed E-state index contributed by atoms with van der Waals surface area (Å²) < 4.78 is 33.7. The highest BCUT2D eigenvalue weighted by molar-refractivity contribution is 7.87. The molecule has 0 aliphatic heterocycles. The van der Waals surface area contributed by atoms with Gasteiger partial charge in [-0.05, 0) is 81.1 Å². The monoisotopic (exact) mass is 489 g/mol. The summed E-state index contributed by atoms with van der Waals surface area (Å²) in [4.78, 5) is 5.10. The van der Waals surface area contributed by atoms with Crippen molar-refractivity contribution in [1.29, 1.82) is 0 Å². The highest BCUT2D eigenvalue weighted by Gasteiger charge is 2.23. The normalized spacial score (nSPS) is 14.8. The van der Waals surface area contributed by atoms with Crippen LogP contribution in [0.1, 0.15) is 48.8 Å². The zero-order valence-electron chi connectivity index (χ0n) is 20.4. The van der Waals surface area contributed by atoms with Crippen LogP contribution in [-0.4, -0.2) is 23.8 Å². The molecule has 5 rings (SSSR count). The van der Waals surface area contributed by atoms with Crippen LogP contribution in [0.4, 0.5) is 5.82 Å². The molecule has 0 radical (unpaired) electrons. The molecule has 1 aliphatic carbocycles. The predicted molar refractivity (Wildman–Crippen MR) is 140 cm³/mol. The molecule has 0 amide bonds. The zero-order chi connectivity index (χ0) is 24.6. The Labute approximate surface area is 207 Å². The lowest BCUT2D eigenvalue weighted by molar-refractivity contribution is 0.462. The molecule has 6 nitrogen and oxygen atoms in total. The first-order valence-corrected chi connectivity index (χ1v) is 13.6. The van der Waals surface area contributed by atoms with E-state index >= 15 is 0 Å². The SMILES string of the molecule is Cc1cc(C)c(S(=O)(=O)Oc2ccc(-c3nc4ccccn4c3NC3CCCCC3)cc2)c(C)c1. The molecule has 4 aromatic rings. The Morgan fingerprint density at radius 3 is 2.31 bits per heavy atom. The number of fused-ring (bicyclic) bond motifs is 1. The van der Waals surface area contributed by atoms with Crippen molar-refractivity contribution in [1.82, 2.24) is 9.38 Å². The fourth-order valence-electron chi connectivity index (χ4n) is 5.17. The Bertz CT molecular complexity index is 1440. The lowest BCUT2D eigenvalue weighted by atomic mass is 9.95. The number of nitrogens with zero attached hydrogens (tertiary/aromatic N) is 2. The van der Waals surface area contributed by atoms with Crippen molar-refractivity contribution in [2.75, 3.05) is 5.32 Å². The molecule has 1 saturated carbocycles. The third kappa shape index (κ3) is 4.78. The maximum absolute atomic E-state index is 13.1. The van der Waals surface area contributed by atoms with E-state index in [-0.39, 0.29) is 10.6 Å². The maximum atomic E-state index is 13.1. The smallest absolute Gasteiger partial charge is 0.339 e. The van der Waals surface area contributed by atoms with Crippen LogP contribution in [0.5, 0.6) is 5.75 Å². The number of imidazole rings is 1. The fraction of sp³-hybridized carbons (Fsp3) is 0.321. The minimum absolute atomic E-state index is 0.228. The lowest BCUT2D eigenvalue weighted by Crippen LogP contribution is -2.23. The Morgan fingerprint density at radius 2 is 1.63 bits per heavy atom. The molecule has 2 aromatic carbocycles. The fourth-order valence-corrected chi connectivity index (χ4v) is 6.53. The van der Waals surface area contributed by atoms with Gasteiger partial charge in [-0.3, -0.25) is 4.40 Å². The highest BCUT2D eigenvalue weighted by Crippen LogP contribution is 2.33. The van der Waals surface area contributed by atoms with Gasteiger partial charge < -0.3 is 9.50 Å². The molecule has 1 N–H and O–H groups in total. The number of hydrogen-bond acceptors (Lipinski definition) is 5. The molecule has 0 saturated heterocycles. The van der Waals surface area contributed by atoms with Crippen molar-refractivity contribution in [3.63, 3.8) is 0 Å². The summed E-state index contributed by atoms with van der Waals surface area (Å²) in [6.07, 6.45) is 8.11. The van der Waals surface area contributed by atoms with Gasteiger partial charge in [-0.25, -0.2) is 4.98 Å². The van der Waals surface area contributed by atoms with Crippen molar-refractivity contribution in [3.05, 3.63) is 77.5 Å². The van der Waals surface area contributed by atoms with E-state index in [0.717, 1.165) is 41.1 Å². The van der Waals surface area contributed by atoms with Crippen LogP contribution in [0.3, 0.4) is 0 Å². The number of aryl methyl sites for hydroxylation is 3. The molecule has 0 atom stereocenters. The maximum Gasteiger partial charge on any atom is 0.339 e. The van der Waals surface area contributed by atoms with Gasteiger partial charge in [-0.2, -0.15) is 8.42 Å². The predicted octanol–water partition coefficient (Wildman–Crippen LogP) is 6.44. The molecule has 182 valence electrons. The van der Waals surface area contributed by atoms with Crippen LogP contribution in [-0.2, 0) is 10.1 Å². The number of hydrogen-bond donors (Lipinski definition) is 1. The first-order valence-electron chi connectivity index (χ1n) is 12.2. The van der Waals surface area contributed by atoms with E-state index in [4.69, 9.17) is 9.17 Å². The van der Waals surface area contributed by atoms with Crippen LogP contribution < -0.4 is 9.50 Å². The average Bonchev–Trinajstić information content (AvgIpc) is 3.17. The standard InChI is InChI=1S/C28H31N3O3S/c1-19-17-20(2)27(21(3)18-19)35(32,33)34-24-14-12-22(13-15-24)26-28(29-23-9-5-4-6-10-23)31-16-8-7-11-25(31)30-26/h7-8,11-18,23,29H,4-6,9-10H2,1-3H3. The van der Waals surface area contributed by atoms with Crippen molar-refractivity contribution < 1.29 is 12.6 Å². The summed E-state index contributed by atoms with van der Waals surface area (Å²) in [5.41, 5.74) is 5.01. The van der Waals surface area contributed by atoms with Crippen LogP contribution in [0.25, 0.3) is 16.9 Å². The van der Waals surface area contributed by atoms with Gasteiger partial charge in [0.2, 0.25) is 0 Å². The average molecular weight is 490 g/mol. The van der Waals surface area contributed by atoms with E-state index in [9.17, 15) is 8.42 Å². The Kier molecular flexibility index (Phi) is 6.28. The summed E-state index contributed by atoms with van der Waals surface area (Å²) in [6, 6.07) is 17.2. The molecule has 1 fully saturated rings. The lowest BCUT2D eigenvalue weighted by Gasteiger charge is -2.24. The minimum Gasteiger partial charge on any atom is -0.379 e. The number of pyridine rings is 1. The minimum atomic E-state index is -3.95. The van der Waals surface area contributed by atoms with E-state index in [1.807, 2.05) is 55.6 Å². The summed E-state index contributed by atoms with van der Waals surface area (Å²) in [5.74, 6) is 1.25. The molecule has 0 spiro atoms. The molecular formula is C28H31N3O3S. The van der Waals surface area contributed by atoms with Gasteiger partial charge in [0.25, 0.3) is 0 Å². The van der Waals surface area contributed by atoms with Crippen molar-refractivity contribution >= 4 is 21.6 Å². The van der Waals surface area contributed by atoms with Gasteiger partial charge >= 0.3 is 10.1 Å². The van der Waals surface area contributed by atoms with Crippen LogP contribution >= 0.6 is 0 Å². The van der Waals surface area contributed by atoms with Crippen LogP contribution in [0.15, 0.2) is 65.7 Å². The van der Waals surface area contributed by atoms with Crippen molar-refractivity contribution in [2.24, 2.45) is 0 Å². The highest BCUT2D eigenvalue weighted by atomic mass is 32.2. The van der Waals surface area contributed by atoms with Crippen LogP contribution in [0.2, 0.25) is 0 Å². The van der Waals surface area contributed by atoms with Crippen LogP contribution in [0, 0.1) is 20.8 Å². The third-order valence-corrected chi connectivity index (χ3v) is 8.22. The zero-order valence-corrected chi connectivity index (χ0v) is 21.2. The van der Waals surface area contributed by atoms with Gasteiger partial charge in [0, 0.05) is 17.8 Å².